The molecule has 0 bridgehead atoms. The lowest BCUT2D eigenvalue weighted by atomic mass is 10.2. The first-order valence-corrected chi connectivity index (χ1v) is 8.48. The van der Waals surface area contributed by atoms with Crippen LogP contribution >= 0.6 is 0 Å². The van der Waals surface area contributed by atoms with Crippen molar-refractivity contribution in [3.8, 4) is 0 Å². The molecule has 142 valence electrons. The minimum Gasteiger partial charge on any atom is -0.339 e. The van der Waals surface area contributed by atoms with Crippen molar-refractivity contribution in [1.29, 1.82) is 0 Å². The van der Waals surface area contributed by atoms with Crippen molar-refractivity contribution in [3.63, 3.8) is 0 Å². The Morgan fingerprint density at radius 1 is 1.17 bits per heavy atom. The number of rotatable bonds is 3. The largest absolute Gasteiger partial charge is 0.339 e. The Labute approximate surface area is 161 Å². The Hall–Kier alpha value is -4.48. The second-order valence-corrected chi connectivity index (χ2v) is 6.12. The van der Waals surface area contributed by atoms with E-state index < -0.39 is 11.5 Å². The molecule has 2 aliphatic rings. The Morgan fingerprint density at radius 3 is 2.90 bits per heavy atom. The monoisotopic (exact) mass is 388 g/mol. The molecule has 3 aromatic rings. The van der Waals surface area contributed by atoms with Gasteiger partial charge in [-0.25, -0.2) is 15.0 Å². The van der Waals surface area contributed by atoms with Crippen LogP contribution in [0.1, 0.15) is 5.56 Å². The SMILES string of the molecule is Cc1ccccc1N(/N=C1/N=C2N=CN=C2C(=O)N1)c1nc2nc[nH]c2c(=O)[nH]1. The number of imidazole rings is 1. The molecule has 12 heteroatoms. The first-order chi connectivity index (χ1) is 14.1. The van der Waals surface area contributed by atoms with E-state index in [2.05, 4.69) is 45.3 Å². The van der Waals surface area contributed by atoms with Crippen LogP contribution in [0.25, 0.3) is 11.2 Å². The molecular weight excluding hydrogens is 376 g/mol. The van der Waals surface area contributed by atoms with E-state index in [4.69, 9.17) is 0 Å². The Morgan fingerprint density at radius 2 is 2.03 bits per heavy atom. The van der Waals surface area contributed by atoms with E-state index in [0.29, 0.717) is 5.69 Å². The Kier molecular flexibility index (Phi) is 3.62. The number of hydrogen-bond donors (Lipinski definition) is 3. The molecule has 2 aliphatic heterocycles. The molecule has 0 unspecified atom stereocenters. The van der Waals surface area contributed by atoms with Crippen molar-refractivity contribution < 1.29 is 4.79 Å². The van der Waals surface area contributed by atoms with Gasteiger partial charge in [0.25, 0.3) is 11.5 Å². The van der Waals surface area contributed by atoms with Crippen LogP contribution in [0.5, 0.6) is 0 Å². The van der Waals surface area contributed by atoms with Crippen molar-refractivity contribution >= 4 is 52.6 Å². The maximum atomic E-state index is 12.4. The predicted octanol–water partition coefficient (Wildman–Crippen LogP) is 0.375. The van der Waals surface area contributed by atoms with Crippen molar-refractivity contribution in [1.82, 2.24) is 25.3 Å². The highest BCUT2D eigenvalue weighted by Gasteiger charge is 2.28. The summed E-state index contributed by atoms with van der Waals surface area (Å²) in [6.45, 7) is 1.88. The van der Waals surface area contributed by atoms with Gasteiger partial charge in [0.05, 0.1) is 12.0 Å². The summed E-state index contributed by atoms with van der Waals surface area (Å²) in [6.07, 6.45) is 2.63. The fourth-order valence-electron chi connectivity index (χ4n) is 2.88. The Balaban J connectivity index is 1.69. The number of nitrogens with zero attached hydrogens (tertiary/aromatic N) is 7. The zero-order chi connectivity index (χ0) is 20.0. The number of hydrazone groups is 1. The zero-order valence-corrected chi connectivity index (χ0v) is 14.9. The van der Waals surface area contributed by atoms with Crippen LogP contribution < -0.4 is 15.9 Å². The molecule has 1 amide bonds. The number of carbonyl (C=O) groups is 1. The predicted molar refractivity (Wildman–Crippen MR) is 107 cm³/mol. The normalized spacial score (nSPS) is 16.6. The van der Waals surface area contributed by atoms with Gasteiger partial charge in [-0.3, -0.25) is 19.9 Å². The number of benzene rings is 1. The summed E-state index contributed by atoms with van der Waals surface area (Å²) in [5.41, 5.74) is 1.68. The minimum absolute atomic E-state index is 0.0176. The number of nitrogens with one attached hydrogen (secondary N) is 3. The number of amides is 1. The fourth-order valence-corrected chi connectivity index (χ4v) is 2.88. The molecule has 3 N–H and O–H groups in total. The zero-order valence-electron chi connectivity index (χ0n) is 14.9. The lowest BCUT2D eigenvalue weighted by molar-refractivity contribution is -0.113. The molecule has 29 heavy (non-hydrogen) atoms. The third-order valence-electron chi connectivity index (χ3n) is 4.25. The molecule has 0 saturated heterocycles. The topological polar surface area (TPSA) is 156 Å². The smallest absolute Gasteiger partial charge is 0.280 e. The molecule has 5 rings (SSSR count). The highest BCUT2D eigenvalue weighted by molar-refractivity contribution is 6.71. The molecule has 2 aromatic heterocycles. The quantitative estimate of drug-likeness (QED) is 0.553. The van der Waals surface area contributed by atoms with E-state index in [9.17, 15) is 9.59 Å². The number of amidine groups is 1. The van der Waals surface area contributed by atoms with Gasteiger partial charge in [-0.05, 0) is 18.6 Å². The third-order valence-corrected chi connectivity index (χ3v) is 4.25. The summed E-state index contributed by atoms with van der Waals surface area (Å²) in [7, 11) is 0. The molecule has 12 nitrogen and oxygen atoms in total. The number of para-hydroxylation sites is 1. The van der Waals surface area contributed by atoms with Crippen LogP contribution in [0.15, 0.2) is 55.5 Å². The van der Waals surface area contributed by atoms with Gasteiger partial charge in [0, 0.05) is 0 Å². The van der Waals surface area contributed by atoms with Gasteiger partial charge in [0.15, 0.2) is 22.7 Å². The average molecular weight is 388 g/mol. The number of carbonyl (C=O) groups excluding carboxylic acids is 1. The van der Waals surface area contributed by atoms with Gasteiger partial charge in [-0.15, -0.1) is 5.10 Å². The van der Waals surface area contributed by atoms with Crippen LogP contribution in [0.3, 0.4) is 0 Å². The van der Waals surface area contributed by atoms with Crippen LogP contribution in [-0.4, -0.2) is 49.7 Å². The van der Waals surface area contributed by atoms with Crippen molar-refractivity contribution in [2.45, 2.75) is 6.92 Å². The van der Waals surface area contributed by atoms with Gasteiger partial charge < -0.3 is 4.98 Å². The number of aromatic nitrogens is 4. The second kappa shape index (κ2) is 6.30. The third kappa shape index (κ3) is 2.79. The molecule has 0 aliphatic carbocycles. The van der Waals surface area contributed by atoms with Crippen LogP contribution in [0.2, 0.25) is 0 Å². The van der Waals surface area contributed by atoms with Crippen molar-refractivity contribution in [2.24, 2.45) is 20.1 Å². The fraction of sp³-hybridized carbons (Fsp3) is 0.0588. The summed E-state index contributed by atoms with van der Waals surface area (Å²) in [5, 5.41) is 8.34. The lowest BCUT2D eigenvalue weighted by Gasteiger charge is -2.21. The van der Waals surface area contributed by atoms with Gasteiger partial charge in [-0.1, -0.05) is 18.2 Å². The van der Waals surface area contributed by atoms with Crippen molar-refractivity contribution in [3.05, 3.63) is 46.5 Å². The molecule has 0 saturated carbocycles. The average Bonchev–Trinajstić information content (AvgIpc) is 3.36. The number of fused-ring (bicyclic) bond motifs is 2. The molecule has 0 spiro atoms. The molecule has 0 fully saturated rings. The molecule has 4 heterocycles. The van der Waals surface area contributed by atoms with Gasteiger partial charge in [0.2, 0.25) is 11.9 Å². The number of hydrogen-bond acceptors (Lipinski definition) is 8. The summed E-state index contributed by atoms with van der Waals surface area (Å²) >= 11 is 0. The lowest BCUT2D eigenvalue weighted by Crippen LogP contribution is -2.43. The standard InChI is InChI=1S/C17H12N10O2/c1-8-4-2-3-5-9(8)27(17-23-13-11(15(29)25-17)19-7-21-13)26-16-22-12-10(14(28)24-16)18-6-20-12/h2-7H,1H3,(H,24,26,28)(H2,19,21,23,25,29). The van der Waals surface area contributed by atoms with E-state index in [0.717, 1.165) is 5.56 Å². The number of aliphatic imine (C=N–C) groups is 3. The van der Waals surface area contributed by atoms with Crippen molar-refractivity contribution in [2.75, 3.05) is 5.01 Å². The summed E-state index contributed by atoms with van der Waals surface area (Å²) < 4.78 is 0. The maximum absolute atomic E-state index is 12.4. The van der Waals surface area contributed by atoms with E-state index in [-0.39, 0.29) is 34.6 Å². The minimum atomic E-state index is -0.472. The number of H-pyrrole nitrogens is 2. The highest BCUT2D eigenvalue weighted by atomic mass is 16.2. The molecule has 1 aromatic carbocycles. The first-order valence-electron chi connectivity index (χ1n) is 8.48. The Bertz CT molecular complexity index is 1340. The van der Waals surface area contributed by atoms with Crippen LogP contribution in [-0.2, 0) is 4.79 Å². The summed E-state index contributed by atoms with van der Waals surface area (Å²) in [6, 6.07) is 7.37. The molecule has 0 radical (unpaired) electrons. The number of aromatic amines is 2. The van der Waals surface area contributed by atoms with Gasteiger partial charge in [-0.2, -0.15) is 15.0 Å². The van der Waals surface area contributed by atoms with Gasteiger partial charge >= 0.3 is 0 Å². The van der Waals surface area contributed by atoms with E-state index in [1.807, 2.05) is 25.1 Å². The summed E-state index contributed by atoms with van der Waals surface area (Å²) in [5.74, 6) is -0.210. The van der Waals surface area contributed by atoms with Crippen LogP contribution in [0.4, 0.5) is 11.6 Å². The highest BCUT2D eigenvalue weighted by Crippen LogP contribution is 2.26. The maximum Gasteiger partial charge on any atom is 0.280 e. The summed E-state index contributed by atoms with van der Waals surface area (Å²) in [4.78, 5) is 50.5. The van der Waals surface area contributed by atoms with Crippen LogP contribution in [0, 0.1) is 6.92 Å². The number of aryl methyl sites for hydroxylation is 1. The van der Waals surface area contributed by atoms with E-state index in [1.54, 1.807) is 6.07 Å². The molecule has 0 atom stereocenters. The van der Waals surface area contributed by atoms with E-state index in [1.165, 1.54) is 17.7 Å². The van der Waals surface area contributed by atoms with Gasteiger partial charge in [0.1, 0.15) is 6.34 Å². The van der Waals surface area contributed by atoms with E-state index >= 15 is 0 Å². The number of anilines is 2. The first kappa shape index (κ1) is 16.7. The molecular formula is C17H12N10O2. The second-order valence-electron chi connectivity index (χ2n) is 6.12. The number of guanidine groups is 1.